The van der Waals surface area contributed by atoms with Crippen molar-refractivity contribution in [3.8, 4) is 11.8 Å². The van der Waals surface area contributed by atoms with Crippen molar-refractivity contribution in [3.05, 3.63) is 23.5 Å². The van der Waals surface area contributed by atoms with E-state index >= 15 is 0 Å². The lowest BCUT2D eigenvalue weighted by atomic mass is 9.77. The van der Waals surface area contributed by atoms with E-state index in [0.717, 1.165) is 38.5 Å². The van der Waals surface area contributed by atoms with Crippen LogP contribution in [0.3, 0.4) is 0 Å². The number of aliphatic carboxylic acids is 1. The van der Waals surface area contributed by atoms with E-state index in [2.05, 4.69) is 24.8 Å². The van der Waals surface area contributed by atoms with Crippen molar-refractivity contribution >= 4 is 5.97 Å². The van der Waals surface area contributed by atoms with Gasteiger partial charge in [-0.3, -0.25) is 4.79 Å². The van der Waals surface area contributed by atoms with Crippen molar-refractivity contribution < 1.29 is 20.1 Å². The highest BCUT2D eigenvalue weighted by atomic mass is 16.4. The third-order valence-corrected chi connectivity index (χ3v) is 5.90. The molecular weight excluding hydrogens is 340 g/mol. The summed E-state index contributed by atoms with van der Waals surface area (Å²) in [6.45, 7) is 4.17. The zero-order chi connectivity index (χ0) is 19.8. The first-order valence-electron chi connectivity index (χ1n) is 10.4. The van der Waals surface area contributed by atoms with Gasteiger partial charge < -0.3 is 15.3 Å². The van der Waals surface area contributed by atoms with Crippen molar-refractivity contribution in [3.63, 3.8) is 0 Å². The van der Waals surface area contributed by atoms with Gasteiger partial charge in [0.1, 0.15) is 0 Å². The Morgan fingerprint density at radius 2 is 2.15 bits per heavy atom. The Morgan fingerprint density at radius 3 is 2.85 bits per heavy atom. The molecule has 0 amide bonds. The fraction of sp³-hybridized carbons (Fsp3) is 0.696. The number of carbonyl (C=O) groups is 1. The second-order valence-electron chi connectivity index (χ2n) is 8.15. The maximum Gasteiger partial charge on any atom is 0.303 e. The van der Waals surface area contributed by atoms with Gasteiger partial charge in [-0.2, -0.15) is 0 Å². The zero-order valence-electron chi connectivity index (χ0n) is 16.7. The number of fused-ring (bicyclic) bond motifs is 1. The summed E-state index contributed by atoms with van der Waals surface area (Å²) < 4.78 is 0. The van der Waals surface area contributed by atoms with Crippen molar-refractivity contribution in [1.82, 2.24) is 0 Å². The largest absolute Gasteiger partial charge is 0.512 e. The first-order chi connectivity index (χ1) is 12.9. The van der Waals surface area contributed by atoms with Gasteiger partial charge in [0.15, 0.2) is 0 Å². The molecule has 2 aliphatic carbocycles. The third kappa shape index (κ3) is 6.43. The number of carboxylic acid groups (broad SMARTS) is 1. The number of aliphatic hydroxyl groups excluding tert-OH is 2. The van der Waals surface area contributed by atoms with Crippen molar-refractivity contribution in [1.29, 1.82) is 0 Å². The normalized spacial score (nSPS) is 28.7. The molecule has 150 valence electrons. The van der Waals surface area contributed by atoms with Gasteiger partial charge in [-0.25, -0.2) is 0 Å². The molecule has 4 nitrogen and oxygen atoms in total. The Kier molecular flexibility index (Phi) is 8.44. The minimum absolute atomic E-state index is 0.166. The van der Waals surface area contributed by atoms with E-state index in [1.807, 2.05) is 13.0 Å². The van der Waals surface area contributed by atoms with Crippen LogP contribution < -0.4 is 0 Å². The first kappa shape index (κ1) is 21.6. The molecule has 0 aliphatic heterocycles. The quantitative estimate of drug-likeness (QED) is 0.322. The summed E-state index contributed by atoms with van der Waals surface area (Å²) in [7, 11) is 0. The highest BCUT2D eigenvalue weighted by Crippen LogP contribution is 2.48. The number of hydrogen-bond donors (Lipinski definition) is 3. The molecule has 3 N–H and O–H groups in total. The van der Waals surface area contributed by atoms with Gasteiger partial charge in [-0.15, -0.1) is 11.8 Å². The molecule has 0 heterocycles. The summed E-state index contributed by atoms with van der Waals surface area (Å²) >= 11 is 0. The number of allylic oxidation sites excluding steroid dienone is 3. The van der Waals surface area contributed by atoms with E-state index in [1.54, 1.807) is 0 Å². The molecule has 0 aromatic rings. The molecule has 27 heavy (non-hydrogen) atoms. The van der Waals surface area contributed by atoms with E-state index in [1.165, 1.54) is 5.57 Å². The van der Waals surface area contributed by atoms with Crippen molar-refractivity contribution in [2.75, 3.05) is 0 Å². The monoisotopic (exact) mass is 374 g/mol. The molecule has 0 saturated heterocycles. The first-order valence-corrected chi connectivity index (χ1v) is 10.4. The fourth-order valence-corrected chi connectivity index (χ4v) is 4.48. The minimum atomic E-state index is -0.745. The maximum atomic E-state index is 10.7. The standard InChI is InChI=1S/C23H34O4/c1-3-4-5-7-16(2)10-13-20(24)23-19-12-11-17(8-6-9-22(26)27)14-18(19)15-21(23)25/h13-14,16,18-19,21,23-25H,3,6-12,15H2,1-2H3,(H,26,27)/t16?,18-,19-,21+,23-/m1/s1. The lowest BCUT2D eigenvalue weighted by molar-refractivity contribution is -0.137. The van der Waals surface area contributed by atoms with Gasteiger partial charge in [0, 0.05) is 25.2 Å². The van der Waals surface area contributed by atoms with Crippen LogP contribution in [0.2, 0.25) is 0 Å². The van der Waals surface area contributed by atoms with Crippen LogP contribution in [0.1, 0.15) is 71.6 Å². The smallest absolute Gasteiger partial charge is 0.303 e. The Hall–Kier alpha value is -1.73. The maximum absolute atomic E-state index is 10.7. The van der Waals surface area contributed by atoms with E-state index in [-0.39, 0.29) is 18.3 Å². The zero-order valence-corrected chi connectivity index (χ0v) is 16.7. The van der Waals surface area contributed by atoms with E-state index in [0.29, 0.717) is 30.4 Å². The van der Waals surface area contributed by atoms with Gasteiger partial charge in [-0.05, 0) is 62.4 Å². The van der Waals surface area contributed by atoms with Crippen LogP contribution in [0, 0.1) is 35.5 Å². The Morgan fingerprint density at radius 1 is 1.37 bits per heavy atom. The van der Waals surface area contributed by atoms with Crippen LogP contribution in [-0.4, -0.2) is 27.4 Å². The predicted octanol–water partition coefficient (Wildman–Crippen LogP) is 4.85. The molecule has 0 bridgehead atoms. The van der Waals surface area contributed by atoms with Gasteiger partial charge in [0.25, 0.3) is 0 Å². The van der Waals surface area contributed by atoms with Crippen LogP contribution >= 0.6 is 0 Å². The highest BCUT2D eigenvalue weighted by Gasteiger charge is 2.44. The van der Waals surface area contributed by atoms with Crippen molar-refractivity contribution in [2.24, 2.45) is 23.7 Å². The third-order valence-electron chi connectivity index (χ3n) is 5.90. The minimum Gasteiger partial charge on any atom is -0.512 e. The van der Waals surface area contributed by atoms with Gasteiger partial charge in [-0.1, -0.05) is 25.5 Å². The summed E-state index contributed by atoms with van der Waals surface area (Å²) in [6.07, 6.45) is 10.4. The lowest BCUT2D eigenvalue weighted by Crippen LogP contribution is -2.24. The predicted molar refractivity (Wildman–Crippen MR) is 107 cm³/mol. The van der Waals surface area contributed by atoms with Crippen LogP contribution in [0.5, 0.6) is 0 Å². The van der Waals surface area contributed by atoms with Gasteiger partial charge in [0.05, 0.1) is 11.9 Å². The lowest BCUT2D eigenvalue weighted by Gasteiger charge is -2.29. The number of carboxylic acids is 1. The SMILES string of the molecule is CCC#CCC(C)CC=C(O)[C@H]1[C@@H]2CCC(CCCC(=O)O)=C[C@@H]2C[C@@H]1O. The molecular formula is C23H34O4. The fourth-order valence-electron chi connectivity index (χ4n) is 4.48. The van der Waals surface area contributed by atoms with Gasteiger partial charge in [0.2, 0.25) is 0 Å². The highest BCUT2D eigenvalue weighted by molar-refractivity contribution is 5.66. The van der Waals surface area contributed by atoms with Crippen LogP contribution in [0.15, 0.2) is 23.5 Å². The summed E-state index contributed by atoms with van der Waals surface area (Å²) in [4.78, 5) is 10.7. The molecule has 1 fully saturated rings. The molecule has 0 aromatic heterocycles. The molecule has 0 aromatic carbocycles. The molecule has 2 rings (SSSR count). The van der Waals surface area contributed by atoms with Crippen LogP contribution in [0.4, 0.5) is 0 Å². The second kappa shape index (κ2) is 10.6. The molecule has 0 radical (unpaired) electrons. The average Bonchev–Trinajstić information content (AvgIpc) is 2.94. The second-order valence-corrected chi connectivity index (χ2v) is 8.15. The van der Waals surface area contributed by atoms with Crippen LogP contribution in [0.25, 0.3) is 0 Å². The Bertz CT molecular complexity index is 622. The molecule has 4 heteroatoms. The number of aliphatic hydroxyl groups is 2. The summed E-state index contributed by atoms with van der Waals surface area (Å²) in [5.41, 5.74) is 1.32. The van der Waals surface area contributed by atoms with E-state index in [9.17, 15) is 15.0 Å². The molecule has 0 spiro atoms. The van der Waals surface area contributed by atoms with E-state index < -0.39 is 12.1 Å². The Balaban J connectivity index is 1.92. The molecule has 1 saturated carbocycles. The topological polar surface area (TPSA) is 77.8 Å². The van der Waals surface area contributed by atoms with Gasteiger partial charge >= 0.3 is 5.97 Å². The Labute approximate surface area is 163 Å². The average molecular weight is 375 g/mol. The number of hydrogen-bond acceptors (Lipinski definition) is 3. The van der Waals surface area contributed by atoms with Crippen molar-refractivity contribution in [2.45, 2.75) is 77.7 Å². The molecule has 2 aliphatic rings. The summed E-state index contributed by atoms with van der Waals surface area (Å²) in [5, 5.41) is 29.9. The summed E-state index contributed by atoms with van der Waals surface area (Å²) in [5.74, 6) is 6.64. The molecule has 5 atom stereocenters. The van der Waals surface area contributed by atoms with Crippen LogP contribution in [-0.2, 0) is 4.79 Å². The van der Waals surface area contributed by atoms with E-state index in [4.69, 9.17) is 5.11 Å². The number of rotatable bonds is 8. The molecule has 1 unspecified atom stereocenters. The summed E-state index contributed by atoms with van der Waals surface area (Å²) in [6, 6.07) is 0.